The first kappa shape index (κ1) is 14.3. The van der Waals surface area contributed by atoms with Gasteiger partial charge in [-0.25, -0.2) is 4.39 Å². The minimum Gasteiger partial charge on any atom is -0.313 e. The zero-order valence-electron chi connectivity index (χ0n) is 11.9. The van der Waals surface area contributed by atoms with E-state index in [1.807, 2.05) is 0 Å². The molecule has 0 bridgehead atoms. The number of hydrogen-bond acceptors (Lipinski definition) is 1. The summed E-state index contributed by atoms with van der Waals surface area (Å²) in [5.41, 5.74) is 1.25. The van der Waals surface area contributed by atoms with Gasteiger partial charge in [0.1, 0.15) is 5.82 Å². The van der Waals surface area contributed by atoms with E-state index >= 15 is 0 Å². The molecule has 0 heterocycles. The summed E-state index contributed by atoms with van der Waals surface area (Å²) in [5.74, 6) is -0.175. The molecule has 0 unspecified atom stereocenters. The van der Waals surface area contributed by atoms with Crippen LogP contribution >= 0.6 is 11.6 Å². The lowest BCUT2D eigenvalue weighted by Crippen LogP contribution is -2.39. The molecule has 1 aromatic carbocycles. The van der Waals surface area contributed by atoms with Crippen molar-refractivity contribution in [3.05, 3.63) is 34.6 Å². The fraction of sp³-hybridized carbons (Fsp3) is 0.647. The van der Waals surface area contributed by atoms with Crippen LogP contribution < -0.4 is 5.32 Å². The average Bonchev–Trinajstić information content (AvgIpc) is 3.26. The summed E-state index contributed by atoms with van der Waals surface area (Å²) in [4.78, 5) is 0. The topological polar surface area (TPSA) is 12.0 Å². The summed E-state index contributed by atoms with van der Waals surface area (Å²) in [6, 6.07) is 5.49. The molecule has 0 radical (unpaired) electrons. The summed E-state index contributed by atoms with van der Waals surface area (Å²) in [5, 5.41) is 4.40. The van der Waals surface area contributed by atoms with Gasteiger partial charge in [-0.1, -0.05) is 30.9 Å². The molecule has 0 saturated heterocycles. The van der Waals surface area contributed by atoms with Gasteiger partial charge in [0.2, 0.25) is 0 Å². The monoisotopic (exact) mass is 295 g/mol. The van der Waals surface area contributed by atoms with E-state index in [4.69, 9.17) is 11.6 Å². The molecule has 0 amide bonds. The van der Waals surface area contributed by atoms with E-state index in [2.05, 4.69) is 5.32 Å². The Bertz CT molecular complexity index is 464. The van der Waals surface area contributed by atoms with Gasteiger partial charge >= 0.3 is 0 Å². The second-order valence-electron chi connectivity index (χ2n) is 6.63. The van der Waals surface area contributed by atoms with Gasteiger partial charge in [0, 0.05) is 17.6 Å². The largest absolute Gasteiger partial charge is 0.313 e. The number of benzene rings is 1. The van der Waals surface area contributed by atoms with E-state index in [-0.39, 0.29) is 11.2 Å². The van der Waals surface area contributed by atoms with Crippen LogP contribution in [0.25, 0.3) is 0 Å². The fourth-order valence-corrected chi connectivity index (χ4v) is 3.63. The van der Waals surface area contributed by atoms with Crippen LogP contribution in [0.5, 0.6) is 0 Å². The molecule has 0 aliphatic heterocycles. The highest BCUT2D eigenvalue weighted by Gasteiger charge is 2.34. The maximum absolute atomic E-state index is 13.5. The Kier molecular flexibility index (Phi) is 4.32. The average molecular weight is 296 g/mol. The Labute approximate surface area is 125 Å². The standard InChI is InChI=1S/C17H23ClFN/c18-16-7-4-14(19)10-13(16)11-17(8-2-1-3-9-17)12-20-15-5-6-15/h4,7,10,15,20H,1-3,5-6,8-9,11-12H2. The SMILES string of the molecule is Fc1ccc(Cl)c(CC2(CNC3CC3)CCCCC2)c1. The second-order valence-corrected chi connectivity index (χ2v) is 7.04. The Hall–Kier alpha value is -0.600. The Morgan fingerprint density at radius 3 is 2.65 bits per heavy atom. The molecular formula is C17H23ClFN. The molecule has 2 fully saturated rings. The van der Waals surface area contributed by atoms with Crippen LogP contribution in [0.1, 0.15) is 50.5 Å². The second kappa shape index (κ2) is 6.03. The van der Waals surface area contributed by atoms with Crippen molar-refractivity contribution in [1.29, 1.82) is 0 Å². The first-order chi connectivity index (χ1) is 9.67. The van der Waals surface area contributed by atoms with E-state index in [9.17, 15) is 4.39 Å². The molecule has 2 saturated carbocycles. The number of halogens is 2. The molecule has 20 heavy (non-hydrogen) atoms. The van der Waals surface area contributed by atoms with E-state index in [0.717, 1.165) is 24.6 Å². The van der Waals surface area contributed by atoms with Crippen molar-refractivity contribution in [2.45, 2.75) is 57.4 Å². The molecule has 1 aromatic rings. The van der Waals surface area contributed by atoms with E-state index in [0.29, 0.717) is 5.02 Å². The molecule has 0 spiro atoms. The molecule has 3 rings (SSSR count). The first-order valence-corrected chi connectivity index (χ1v) is 8.22. The summed E-state index contributed by atoms with van der Waals surface area (Å²) in [6.45, 7) is 1.06. The van der Waals surface area contributed by atoms with Gasteiger partial charge in [0.05, 0.1) is 0 Å². The van der Waals surface area contributed by atoms with Crippen molar-refractivity contribution in [3.8, 4) is 0 Å². The third-order valence-electron chi connectivity index (χ3n) is 4.83. The van der Waals surface area contributed by atoms with Gasteiger partial charge in [-0.05, 0) is 61.3 Å². The van der Waals surface area contributed by atoms with Crippen LogP contribution in [-0.4, -0.2) is 12.6 Å². The molecule has 0 atom stereocenters. The minimum absolute atomic E-state index is 0.175. The predicted molar refractivity (Wildman–Crippen MR) is 81.7 cm³/mol. The molecule has 1 N–H and O–H groups in total. The van der Waals surface area contributed by atoms with Crippen molar-refractivity contribution in [2.75, 3.05) is 6.54 Å². The van der Waals surface area contributed by atoms with Crippen LogP contribution in [0.4, 0.5) is 4.39 Å². The third kappa shape index (κ3) is 3.53. The van der Waals surface area contributed by atoms with E-state index < -0.39 is 0 Å². The maximum atomic E-state index is 13.5. The van der Waals surface area contributed by atoms with E-state index in [1.165, 1.54) is 51.0 Å². The van der Waals surface area contributed by atoms with Crippen molar-refractivity contribution >= 4 is 11.6 Å². The van der Waals surface area contributed by atoms with Gasteiger partial charge in [-0.3, -0.25) is 0 Å². The third-order valence-corrected chi connectivity index (χ3v) is 5.20. The summed E-state index contributed by atoms with van der Waals surface area (Å²) < 4.78 is 13.5. The van der Waals surface area contributed by atoms with Gasteiger partial charge in [-0.2, -0.15) is 0 Å². The highest BCUT2D eigenvalue weighted by molar-refractivity contribution is 6.31. The van der Waals surface area contributed by atoms with E-state index in [1.54, 1.807) is 12.1 Å². The van der Waals surface area contributed by atoms with Crippen molar-refractivity contribution < 1.29 is 4.39 Å². The van der Waals surface area contributed by atoms with Gasteiger partial charge in [0.25, 0.3) is 0 Å². The lowest BCUT2D eigenvalue weighted by molar-refractivity contribution is 0.180. The lowest BCUT2D eigenvalue weighted by Gasteiger charge is -2.38. The van der Waals surface area contributed by atoms with Crippen molar-refractivity contribution in [2.24, 2.45) is 5.41 Å². The van der Waals surface area contributed by atoms with Gasteiger partial charge < -0.3 is 5.32 Å². The number of hydrogen-bond donors (Lipinski definition) is 1. The molecule has 3 heteroatoms. The fourth-order valence-electron chi connectivity index (χ4n) is 3.45. The highest BCUT2D eigenvalue weighted by atomic mass is 35.5. The van der Waals surface area contributed by atoms with Crippen molar-refractivity contribution in [3.63, 3.8) is 0 Å². The highest BCUT2D eigenvalue weighted by Crippen LogP contribution is 2.40. The minimum atomic E-state index is -0.175. The van der Waals surface area contributed by atoms with Gasteiger partial charge in [0.15, 0.2) is 0 Å². The normalized spacial score (nSPS) is 21.9. The number of rotatable bonds is 5. The Morgan fingerprint density at radius 2 is 1.95 bits per heavy atom. The summed E-state index contributed by atoms with van der Waals surface area (Å²) in [6.07, 6.45) is 9.93. The maximum Gasteiger partial charge on any atom is 0.123 e. The van der Waals surface area contributed by atoms with Crippen molar-refractivity contribution in [1.82, 2.24) is 5.32 Å². The zero-order chi connectivity index (χ0) is 14.0. The lowest BCUT2D eigenvalue weighted by atomic mass is 9.70. The Balaban J connectivity index is 1.75. The summed E-state index contributed by atoms with van der Waals surface area (Å²) >= 11 is 6.27. The molecule has 2 aliphatic carbocycles. The molecule has 110 valence electrons. The van der Waals surface area contributed by atoms with Crippen LogP contribution in [0, 0.1) is 11.2 Å². The quantitative estimate of drug-likeness (QED) is 0.828. The van der Waals surface area contributed by atoms with Crippen LogP contribution in [0.2, 0.25) is 5.02 Å². The molecular weight excluding hydrogens is 273 g/mol. The first-order valence-electron chi connectivity index (χ1n) is 7.84. The molecule has 0 aromatic heterocycles. The number of nitrogens with one attached hydrogen (secondary N) is 1. The summed E-state index contributed by atoms with van der Waals surface area (Å²) in [7, 11) is 0. The Morgan fingerprint density at radius 1 is 1.20 bits per heavy atom. The smallest absolute Gasteiger partial charge is 0.123 e. The molecule has 2 aliphatic rings. The van der Waals surface area contributed by atoms with Crippen LogP contribution in [-0.2, 0) is 6.42 Å². The molecule has 1 nitrogen and oxygen atoms in total. The van der Waals surface area contributed by atoms with Crippen LogP contribution in [0.15, 0.2) is 18.2 Å². The predicted octanol–water partition coefficient (Wildman–Crippen LogP) is 4.72. The van der Waals surface area contributed by atoms with Gasteiger partial charge in [-0.15, -0.1) is 0 Å². The zero-order valence-corrected chi connectivity index (χ0v) is 12.7. The van der Waals surface area contributed by atoms with Crippen LogP contribution in [0.3, 0.4) is 0 Å².